The van der Waals surface area contributed by atoms with Crippen LogP contribution in [0.3, 0.4) is 0 Å². The van der Waals surface area contributed by atoms with Crippen molar-refractivity contribution < 1.29 is 4.74 Å². The molecule has 1 heterocycles. The fourth-order valence-electron chi connectivity index (χ4n) is 3.76. The second kappa shape index (κ2) is 6.76. The Bertz CT molecular complexity index is 301. The molecule has 0 aromatic rings. The third-order valence-corrected chi connectivity index (χ3v) is 5.05. The van der Waals surface area contributed by atoms with Gasteiger partial charge < -0.3 is 15.0 Å². The summed E-state index contributed by atoms with van der Waals surface area (Å²) in [5, 5.41) is 3.50. The Morgan fingerprint density at radius 2 is 1.75 bits per heavy atom. The summed E-state index contributed by atoms with van der Waals surface area (Å²) in [6.45, 7) is 19.2. The van der Waals surface area contributed by atoms with Gasteiger partial charge in [0.15, 0.2) is 0 Å². The van der Waals surface area contributed by atoms with Crippen LogP contribution in [-0.2, 0) is 4.74 Å². The Kier molecular flexibility index (Phi) is 6.06. The van der Waals surface area contributed by atoms with Crippen LogP contribution >= 0.6 is 0 Å². The average molecular weight is 284 g/mol. The van der Waals surface area contributed by atoms with Crippen LogP contribution in [-0.4, -0.2) is 48.8 Å². The van der Waals surface area contributed by atoms with E-state index in [1.165, 1.54) is 13.0 Å². The highest BCUT2D eigenvalue weighted by molar-refractivity contribution is 5.05. The molecule has 1 aliphatic heterocycles. The fourth-order valence-corrected chi connectivity index (χ4v) is 3.76. The molecule has 3 unspecified atom stereocenters. The molecule has 1 fully saturated rings. The number of rotatable bonds is 7. The Balaban J connectivity index is 2.81. The minimum atomic E-state index is -0.0985. The molecule has 3 nitrogen and oxygen atoms in total. The van der Waals surface area contributed by atoms with E-state index in [2.05, 4.69) is 65.7 Å². The molecule has 20 heavy (non-hydrogen) atoms. The van der Waals surface area contributed by atoms with Gasteiger partial charge in [-0.3, -0.25) is 0 Å². The van der Waals surface area contributed by atoms with Gasteiger partial charge >= 0.3 is 0 Å². The predicted molar refractivity (Wildman–Crippen MR) is 87.1 cm³/mol. The van der Waals surface area contributed by atoms with Crippen molar-refractivity contribution in [1.29, 1.82) is 0 Å². The third kappa shape index (κ3) is 3.96. The molecule has 1 saturated heterocycles. The van der Waals surface area contributed by atoms with Crippen LogP contribution in [0.1, 0.15) is 54.9 Å². The molecule has 1 aliphatic rings. The van der Waals surface area contributed by atoms with Crippen molar-refractivity contribution in [1.82, 2.24) is 10.2 Å². The normalized spacial score (nSPS) is 29.9. The first-order chi connectivity index (χ1) is 9.17. The Morgan fingerprint density at radius 3 is 2.20 bits per heavy atom. The highest BCUT2D eigenvalue weighted by Gasteiger charge is 2.53. The van der Waals surface area contributed by atoms with Crippen molar-refractivity contribution in [3.05, 3.63) is 0 Å². The van der Waals surface area contributed by atoms with Gasteiger partial charge in [0.25, 0.3) is 0 Å². The smallest absolute Gasteiger partial charge is 0.0790 e. The quantitative estimate of drug-likeness (QED) is 0.777. The highest BCUT2D eigenvalue weighted by atomic mass is 16.5. The summed E-state index contributed by atoms with van der Waals surface area (Å²) in [5.74, 6) is 1.29. The Hall–Kier alpha value is -0.120. The monoisotopic (exact) mass is 284 g/mol. The van der Waals surface area contributed by atoms with E-state index in [0.29, 0.717) is 12.0 Å². The van der Waals surface area contributed by atoms with Crippen molar-refractivity contribution in [3.8, 4) is 0 Å². The van der Waals surface area contributed by atoms with E-state index in [0.717, 1.165) is 19.0 Å². The zero-order valence-corrected chi connectivity index (χ0v) is 14.9. The number of ether oxygens (including phenoxy) is 1. The molecule has 0 bridgehead atoms. The lowest BCUT2D eigenvalue weighted by Gasteiger charge is -2.34. The molecule has 0 aromatic heterocycles. The molecule has 0 radical (unpaired) electrons. The predicted octanol–water partition coefficient (Wildman–Crippen LogP) is 3.15. The highest BCUT2D eigenvalue weighted by Crippen LogP contribution is 2.42. The van der Waals surface area contributed by atoms with E-state index in [4.69, 9.17) is 4.74 Å². The summed E-state index contributed by atoms with van der Waals surface area (Å²) in [7, 11) is 2.06. The van der Waals surface area contributed by atoms with E-state index >= 15 is 0 Å². The molecule has 1 N–H and O–H groups in total. The van der Waals surface area contributed by atoms with Crippen molar-refractivity contribution in [2.75, 3.05) is 26.7 Å². The first-order valence-corrected chi connectivity index (χ1v) is 8.27. The standard InChI is InChI=1S/C17H36N2O/c1-9-13(3)11-19(10-2)12-14-15(18-8)17(6,7)20-16(14,4)5/h13-15,18H,9-12H2,1-8H3. The Labute approximate surface area is 126 Å². The van der Waals surface area contributed by atoms with Gasteiger partial charge in [-0.2, -0.15) is 0 Å². The van der Waals surface area contributed by atoms with E-state index in [1.54, 1.807) is 0 Å². The van der Waals surface area contributed by atoms with Crippen molar-refractivity contribution in [2.24, 2.45) is 11.8 Å². The fraction of sp³-hybridized carbons (Fsp3) is 1.00. The Morgan fingerprint density at radius 1 is 1.15 bits per heavy atom. The summed E-state index contributed by atoms with van der Waals surface area (Å²) in [5.41, 5.74) is -0.168. The van der Waals surface area contributed by atoms with Crippen molar-refractivity contribution in [3.63, 3.8) is 0 Å². The van der Waals surface area contributed by atoms with Gasteiger partial charge in [0.2, 0.25) is 0 Å². The first kappa shape index (κ1) is 17.9. The third-order valence-electron chi connectivity index (χ3n) is 5.05. The number of hydrogen-bond donors (Lipinski definition) is 1. The molecule has 0 aromatic carbocycles. The van der Waals surface area contributed by atoms with Gasteiger partial charge in [0, 0.05) is 25.0 Å². The number of hydrogen-bond acceptors (Lipinski definition) is 3. The largest absolute Gasteiger partial charge is 0.368 e. The summed E-state index contributed by atoms with van der Waals surface area (Å²) in [6, 6.07) is 0.406. The molecule has 0 aliphatic carbocycles. The maximum atomic E-state index is 6.34. The number of nitrogens with one attached hydrogen (secondary N) is 1. The zero-order valence-electron chi connectivity index (χ0n) is 14.9. The van der Waals surface area contributed by atoms with Crippen LogP contribution in [0.15, 0.2) is 0 Å². The van der Waals surface area contributed by atoms with Crippen LogP contribution in [0.4, 0.5) is 0 Å². The van der Waals surface area contributed by atoms with E-state index < -0.39 is 0 Å². The van der Waals surface area contributed by atoms with Gasteiger partial charge in [0.1, 0.15) is 0 Å². The second-order valence-corrected chi connectivity index (χ2v) is 7.55. The van der Waals surface area contributed by atoms with Gasteiger partial charge in [-0.05, 0) is 47.2 Å². The maximum Gasteiger partial charge on any atom is 0.0790 e. The summed E-state index contributed by atoms with van der Waals surface area (Å²) in [4.78, 5) is 2.59. The molecule has 1 rings (SSSR count). The average Bonchev–Trinajstić information content (AvgIpc) is 2.52. The lowest BCUT2D eigenvalue weighted by Crippen LogP contribution is -2.50. The summed E-state index contributed by atoms with van der Waals surface area (Å²) >= 11 is 0. The van der Waals surface area contributed by atoms with Gasteiger partial charge in [0.05, 0.1) is 11.2 Å². The van der Waals surface area contributed by atoms with Gasteiger partial charge in [-0.25, -0.2) is 0 Å². The molecule has 0 spiro atoms. The molecule has 3 atom stereocenters. The molecule has 3 heteroatoms. The van der Waals surface area contributed by atoms with Crippen LogP contribution in [0.5, 0.6) is 0 Å². The second-order valence-electron chi connectivity index (χ2n) is 7.55. The molecule has 0 amide bonds. The van der Waals surface area contributed by atoms with E-state index in [1.807, 2.05) is 0 Å². The topological polar surface area (TPSA) is 24.5 Å². The van der Waals surface area contributed by atoms with Crippen LogP contribution in [0.2, 0.25) is 0 Å². The van der Waals surface area contributed by atoms with Gasteiger partial charge in [-0.15, -0.1) is 0 Å². The van der Waals surface area contributed by atoms with Crippen LogP contribution in [0.25, 0.3) is 0 Å². The molecular weight excluding hydrogens is 248 g/mol. The van der Waals surface area contributed by atoms with E-state index in [9.17, 15) is 0 Å². The number of likely N-dealkylation sites (N-methyl/N-ethyl adjacent to an activating group) is 1. The van der Waals surface area contributed by atoms with Gasteiger partial charge in [-0.1, -0.05) is 27.2 Å². The van der Waals surface area contributed by atoms with Crippen molar-refractivity contribution in [2.45, 2.75) is 72.1 Å². The SMILES string of the molecule is CCC(C)CN(CC)CC1C(NC)C(C)(C)OC1(C)C. The van der Waals surface area contributed by atoms with Crippen molar-refractivity contribution >= 4 is 0 Å². The maximum absolute atomic E-state index is 6.34. The summed E-state index contributed by atoms with van der Waals surface area (Å²) in [6.07, 6.45) is 1.25. The van der Waals surface area contributed by atoms with Crippen LogP contribution in [0, 0.1) is 11.8 Å². The lowest BCUT2D eigenvalue weighted by atomic mass is 9.82. The zero-order chi connectivity index (χ0) is 15.6. The first-order valence-electron chi connectivity index (χ1n) is 8.27. The minimum absolute atomic E-state index is 0.0694. The summed E-state index contributed by atoms with van der Waals surface area (Å²) < 4.78 is 6.34. The number of nitrogens with zero attached hydrogens (tertiary/aromatic N) is 1. The minimum Gasteiger partial charge on any atom is -0.368 e. The van der Waals surface area contributed by atoms with Crippen LogP contribution < -0.4 is 5.32 Å². The molecule has 120 valence electrons. The van der Waals surface area contributed by atoms with E-state index in [-0.39, 0.29) is 11.2 Å². The lowest BCUT2D eigenvalue weighted by molar-refractivity contribution is -0.0795. The molecular formula is C17H36N2O. The molecule has 0 saturated carbocycles.